The van der Waals surface area contributed by atoms with Crippen molar-refractivity contribution in [3.05, 3.63) is 53.6 Å². The lowest BCUT2D eigenvalue weighted by Crippen LogP contribution is -2.35. The summed E-state index contributed by atoms with van der Waals surface area (Å²) in [5.74, 6) is 0.0978. The number of nitrogens with zero attached hydrogens (tertiary/aromatic N) is 3. The van der Waals surface area contributed by atoms with E-state index in [4.69, 9.17) is 0 Å². The Hall–Kier alpha value is -2.10. The van der Waals surface area contributed by atoms with Crippen molar-refractivity contribution in [3.63, 3.8) is 0 Å². The molecule has 1 fully saturated rings. The highest BCUT2D eigenvalue weighted by Gasteiger charge is 2.28. The van der Waals surface area contributed by atoms with Gasteiger partial charge in [-0.2, -0.15) is 0 Å². The van der Waals surface area contributed by atoms with E-state index in [2.05, 4.69) is 34.9 Å². The Morgan fingerprint density at radius 1 is 1.23 bits per heavy atom. The number of hydrogen-bond donors (Lipinski definition) is 0. The van der Waals surface area contributed by atoms with Gasteiger partial charge in [0.05, 0.1) is 11.6 Å². The first-order chi connectivity index (χ1) is 10.7. The molecule has 3 rings (SSSR count). The van der Waals surface area contributed by atoms with Crippen LogP contribution >= 0.6 is 0 Å². The Morgan fingerprint density at radius 3 is 2.77 bits per heavy atom. The van der Waals surface area contributed by atoms with Crippen molar-refractivity contribution in [2.75, 3.05) is 6.54 Å². The maximum atomic E-state index is 13.0. The van der Waals surface area contributed by atoms with Crippen LogP contribution in [-0.2, 0) is 7.05 Å². The second-order valence-corrected chi connectivity index (χ2v) is 6.10. The quantitative estimate of drug-likeness (QED) is 0.851. The molecule has 0 unspecified atom stereocenters. The summed E-state index contributed by atoms with van der Waals surface area (Å²) in [7, 11) is 2.05. The lowest BCUT2D eigenvalue weighted by molar-refractivity contribution is 0.0674. The molecule has 1 aliphatic rings. The number of amides is 1. The predicted octanol–water partition coefficient (Wildman–Crippen LogP) is 3.49. The van der Waals surface area contributed by atoms with Crippen LogP contribution in [0.25, 0.3) is 0 Å². The number of rotatable bonds is 2. The SMILES string of the molecule is Cc1ccc(C(=O)N2CCCCC[C@@H]2c2cccn2C)cn1. The van der Waals surface area contributed by atoms with Crippen molar-refractivity contribution in [2.45, 2.75) is 38.6 Å². The largest absolute Gasteiger partial charge is 0.353 e. The van der Waals surface area contributed by atoms with Crippen LogP contribution in [0, 0.1) is 6.92 Å². The van der Waals surface area contributed by atoms with Crippen molar-refractivity contribution < 1.29 is 4.79 Å². The summed E-state index contributed by atoms with van der Waals surface area (Å²) in [6.45, 7) is 2.76. The Bertz CT molecular complexity index is 645. The molecule has 0 aliphatic carbocycles. The second-order valence-electron chi connectivity index (χ2n) is 6.10. The molecule has 1 aliphatic heterocycles. The van der Waals surface area contributed by atoms with Gasteiger partial charge in [-0.3, -0.25) is 9.78 Å². The van der Waals surface area contributed by atoms with Gasteiger partial charge in [-0.1, -0.05) is 12.8 Å². The third kappa shape index (κ3) is 2.91. The van der Waals surface area contributed by atoms with E-state index < -0.39 is 0 Å². The minimum absolute atomic E-state index is 0.0978. The van der Waals surface area contributed by atoms with Crippen molar-refractivity contribution in [2.24, 2.45) is 7.05 Å². The molecule has 2 aromatic heterocycles. The Kier molecular flexibility index (Phi) is 4.27. The highest BCUT2D eigenvalue weighted by Crippen LogP contribution is 2.31. The van der Waals surface area contributed by atoms with E-state index in [-0.39, 0.29) is 11.9 Å². The van der Waals surface area contributed by atoms with E-state index >= 15 is 0 Å². The number of hydrogen-bond acceptors (Lipinski definition) is 2. The third-order valence-electron chi connectivity index (χ3n) is 4.50. The average molecular weight is 297 g/mol. The van der Waals surface area contributed by atoms with Gasteiger partial charge in [0.2, 0.25) is 0 Å². The molecule has 3 heterocycles. The maximum Gasteiger partial charge on any atom is 0.255 e. The molecular formula is C18H23N3O. The van der Waals surface area contributed by atoms with Crippen molar-refractivity contribution in [1.82, 2.24) is 14.5 Å². The molecule has 0 radical (unpaired) electrons. The minimum Gasteiger partial charge on any atom is -0.353 e. The summed E-state index contributed by atoms with van der Waals surface area (Å²) in [4.78, 5) is 19.3. The van der Waals surface area contributed by atoms with E-state index in [0.717, 1.165) is 25.1 Å². The lowest BCUT2D eigenvalue weighted by Gasteiger charge is -2.30. The number of aryl methyl sites for hydroxylation is 2. The van der Waals surface area contributed by atoms with E-state index in [1.165, 1.54) is 18.5 Å². The molecule has 0 saturated carbocycles. The summed E-state index contributed by atoms with van der Waals surface area (Å²) >= 11 is 0. The zero-order valence-corrected chi connectivity index (χ0v) is 13.3. The highest BCUT2D eigenvalue weighted by atomic mass is 16.2. The van der Waals surface area contributed by atoms with Gasteiger partial charge < -0.3 is 9.47 Å². The van der Waals surface area contributed by atoms with Gasteiger partial charge in [0.25, 0.3) is 5.91 Å². The van der Waals surface area contributed by atoms with Gasteiger partial charge in [-0.15, -0.1) is 0 Å². The lowest BCUT2D eigenvalue weighted by atomic mass is 10.1. The van der Waals surface area contributed by atoms with Crippen LogP contribution < -0.4 is 0 Å². The molecule has 4 nitrogen and oxygen atoms in total. The number of likely N-dealkylation sites (tertiary alicyclic amines) is 1. The van der Waals surface area contributed by atoms with Crippen LogP contribution in [0.2, 0.25) is 0 Å². The van der Waals surface area contributed by atoms with Gasteiger partial charge in [0.1, 0.15) is 0 Å². The van der Waals surface area contributed by atoms with Crippen LogP contribution in [-0.4, -0.2) is 26.9 Å². The topological polar surface area (TPSA) is 38.1 Å². The van der Waals surface area contributed by atoms with E-state index in [1.807, 2.05) is 24.0 Å². The summed E-state index contributed by atoms with van der Waals surface area (Å²) in [6, 6.07) is 8.14. The normalized spacial score (nSPS) is 19.0. The highest BCUT2D eigenvalue weighted by molar-refractivity contribution is 5.94. The number of carbonyl (C=O) groups excluding carboxylic acids is 1. The maximum absolute atomic E-state index is 13.0. The molecular weight excluding hydrogens is 274 g/mol. The summed E-state index contributed by atoms with van der Waals surface area (Å²) in [6.07, 6.45) is 8.22. The number of aromatic nitrogens is 2. The Balaban J connectivity index is 1.92. The molecule has 1 saturated heterocycles. The molecule has 116 valence electrons. The van der Waals surface area contributed by atoms with Crippen LogP contribution in [0.15, 0.2) is 36.7 Å². The molecule has 0 spiro atoms. The standard InChI is InChI=1S/C18H23N3O/c1-14-9-10-15(13-19-14)18(22)21-12-5-3-4-7-17(21)16-8-6-11-20(16)2/h6,8-11,13,17H,3-5,7,12H2,1-2H3/t17-/m1/s1. The molecule has 2 aromatic rings. The fraction of sp³-hybridized carbons (Fsp3) is 0.444. The summed E-state index contributed by atoms with van der Waals surface area (Å²) < 4.78 is 2.13. The van der Waals surface area contributed by atoms with E-state index in [1.54, 1.807) is 6.20 Å². The van der Waals surface area contributed by atoms with Crippen LogP contribution in [0.4, 0.5) is 0 Å². The fourth-order valence-electron chi connectivity index (χ4n) is 3.24. The van der Waals surface area contributed by atoms with Crippen molar-refractivity contribution in [3.8, 4) is 0 Å². The van der Waals surface area contributed by atoms with Gasteiger partial charge in [-0.25, -0.2) is 0 Å². The summed E-state index contributed by atoms with van der Waals surface area (Å²) in [5, 5.41) is 0. The van der Waals surface area contributed by atoms with Crippen molar-refractivity contribution in [1.29, 1.82) is 0 Å². The molecule has 4 heteroatoms. The monoisotopic (exact) mass is 297 g/mol. The smallest absolute Gasteiger partial charge is 0.255 e. The molecule has 1 atom stereocenters. The second kappa shape index (κ2) is 6.34. The Labute approximate surface area is 131 Å². The minimum atomic E-state index is 0.0978. The van der Waals surface area contributed by atoms with Crippen molar-refractivity contribution >= 4 is 5.91 Å². The van der Waals surface area contributed by atoms with Crippen LogP contribution in [0.1, 0.15) is 53.5 Å². The third-order valence-corrected chi connectivity index (χ3v) is 4.50. The van der Waals surface area contributed by atoms with Gasteiger partial charge >= 0.3 is 0 Å². The first-order valence-electron chi connectivity index (χ1n) is 8.01. The fourth-order valence-corrected chi connectivity index (χ4v) is 3.24. The predicted molar refractivity (Wildman–Crippen MR) is 86.6 cm³/mol. The van der Waals surface area contributed by atoms with Gasteiger partial charge in [0.15, 0.2) is 0 Å². The zero-order chi connectivity index (χ0) is 15.5. The van der Waals surface area contributed by atoms with Crippen LogP contribution in [0.5, 0.6) is 0 Å². The molecule has 22 heavy (non-hydrogen) atoms. The average Bonchev–Trinajstić information content (AvgIpc) is 2.80. The van der Waals surface area contributed by atoms with Gasteiger partial charge in [0, 0.05) is 37.4 Å². The van der Waals surface area contributed by atoms with E-state index in [9.17, 15) is 4.79 Å². The number of pyridine rings is 1. The first-order valence-corrected chi connectivity index (χ1v) is 8.01. The zero-order valence-electron chi connectivity index (χ0n) is 13.3. The first kappa shape index (κ1) is 14.8. The Morgan fingerprint density at radius 2 is 2.09 bits per heavy atom. The molecule has 0 bridgehead atoms. The number of carbonyl (C=O) groups is 1. The van der Waals surface area contributed by atoms with Gasteiger partial charge in [-0.05, 0) is 44.0 Å². The van der Waals surface area contributed by atoms with Crippen LogP contribution in [0.3, 0.4) is 0 Å². The molecule has 0 N–H and O–H groups in total. The molecule has 0 aromatic carbocycles. The molecule has 1 amide bonds. The van der Waals surface area contributed by atoms with E-state index in [0.29, 0.717) is 5.56 Å². The summed E-state index contributed by atoms with van der Waals surface area (Å²) in [5.41, 5.74) is 2.84.